The van der Waals surface area contributed by atoms with Gasteiger partial charge < -0.3 is 10.6 Å². The maximum Gasteiger partial charge on any atom is 0.0367 e. The molecule has 1 aromatic rings. The van der Waals surface area contributed by atoms with Gasteiger partial charge >= 0.3 is 0 Å². The molecule has 14 heavy (non-hydrogen) atoms. The van der Waals surface area contributed by atoms with Gasteiger partial charge in [-0.25, -0.2) is 0 Å². The van der Waals surface area contributed by atoms with Crippen LogP contribution in [-0.2, 0) is 0 Å². The van der Waals surface area contributed by atoms with E-state index in [1.807, 2.05) is 12.1 Å². The minimum atomic E-state index is 0.624. The summed E-state index contributed by atoms with van der Waals surface area (Å²) in [7, 11) is 2.14. The number of anilines is 2. The molecule has 0 unspecified atom stereocenters. The SMILES string of the molecule is CCC(CC)N(C)c1ccc(N)cc1. The highest BCUT2D eigenvalue weighted by Gasteiger charge is 2.10. The third kappa shape index (κ3) is 2.41. The first kappa shape index (κ1) is 10.9. The molecule has 0 aromatic heterocycles. The Balaban J connectivity index is 2.77. The molecule has 0 aliphatic rings. The normalized spacial score (nSPS) is 10.6. The van der Waals surface area contributed by atoms with Crippen LogP contribution in [0, 0.1) is 0 Å². The summed E-state index contributed by atoms with van der Waals surface area (Å²) in [6.45, 7) is 4.45. The predicted octanol–water partition coefficient (Wildman–Crippen LogP) is 2.89. The van der Waals surface area contributed by atoms with Crippen LogP contribution in [0.25, 0.3) is 0 Å². The van der Waals surface area contributed by atoms with Gasteiger partial charge in [0.25, 0.3) is 0 Å². The van der Waals surface area contributed by atoms with E-state index in [0.717, 1.165) is 5.69 Å². The fourth-order valence-electron chi connectivity index (χ4n) is 1.76. The van der Waals surface area contributed by atoms with Gasteiger partial charge in [0.2, 0.25) is 0 Å². The Labute approximate surface area is 86.7 Å². The lowest BCUT2D eigenvalue weighted by Crippen LogP contribution is -2.30. The van der Waals surface area contributed by atoms with Crippen LogP contribution in [0.3, 0.4) is 0 Å². The first-order valence-electron chi connectivity index (χ1n) is 5.27. The standard InChI is InChI=1S/C12H20N2/c1-4-11(5-2)14(3)12-8-6-10(13)7-9-12/h6-9,11H,4-5,13H2,1-3H3. The summed E-state index contributed by atoms with van der Waals surface area (Å²) in [6.07, 6.45) is 2.36. The van der Waals surface area contributed by atoms with Gasteiger partial charge in [-0.1, -0.05) is 13.8 Å². The van der Waals surface area contributed by atoms with Gasteiger partial charge in [-0.15, -0.1) is 0 Å². The molecular weight excluding hydrogens is 172 g/mol. The second-order valence-corrected chi connectivity index (χ2v) is 3.67. The molecule has 1 aromatic carbocycles. The molecule has 0 fully saturated rings. The molecule has 78 valence electrons. The average Bonchev–Trinajstić information content (AvgIpc) is 2.20. The number of nitrogens with two attached hydrogens (primary N) is 1. The molecule has 0 radical (unpaired) electrons. The van der Waals surface area contributed by atoms with E-state index in [9.17, 15) is 0 Å². The Kier molecular flexibility index (Phi) is 3.81. The summed E-state index contributed by atoms with van der Waals surface area (Å²) in [6, 6.07) is 8.68. The first-order chi connectivity index (χ1) is 6.69. The fourth-order valence-corrected chi connectivity index (χ4v) is 1.76. The van der Waals surface area contributed by atoms with Crippen LogP contribution in [0.2, 0.25) is 0 Å². The number of rotatable bonds is 4. The predicted molar refractivity (Wildman–Crippen MR) is 63.6 cm³/mol. The number of hydrogen-bond acceptors (Lipinski definition) is 2. The van der Waals surface area contributed by atoms with E-state index in [-0.39, 0.29) is 0 Å². The smallest absolute Gasteiger partial charge is 0.0367 e. The monoisotopic (exact) mass is 192 g/mol. The van der Waals surface area contributed by atoms with Gasteiger partial charge in [0, 0.05) is 24.5 Å². The van der Waals surface area contributed by atoms with Crippen molar-refractivity contribution in [2.45, 2.75) is 32.7 Å². The number of nitrogen functional groups attached to an aromatic ring is 1. The Morgan fingerprint density at radius 1 is 1.14 bits per heavy atom. The van der Waals surface area contributed by atoms with Crippen molar-refractivity contribution in [2.75, 3.05) is 17.7 Å². The quantitative estimate of drug-likeness (QED) is 0.743. The third-order valence-corrected chi connectivity index (χ3v) is 2.79. The first-order valence-corrected chi connectivity index (χ1v) is 5.27. The molecule has 0 bridgehead atoms. The molecule has 2 N–H and O–H groups in total. The molecule has 2 heteroatoms. The van der Waals surface area contributed by atoms with Crippen molar-refractivity contribution in [2.24, 2.45) is 0 Å². The van der Waals surface area contributed by atoms with E-state index < -0.39 is 0 Å². The Morgan fingerprint density at radius 2 is 1.64 bits per heavy atom. The zero-order valence-corrected chi connectivity index (χ0v) is 9.33. The second-order valence-electron chi connectivity index (χ2n) is 3.67. The summed E-state index contributed by atoms with van der Waals surface area (Å²) >= 11 is 0. The number of hydrogen-bond donors (Lipinski definition) is 1. The molecule has 0 heterocycles. The van der Waals surface area contributed by atoms with E-state index in [4.69, 9.17) is 5.73 Å². The van der Waals surface area contributed by atoms with Crippen LogP contribution >= 0.6 is 0 Å². The van der Waals surface area contributed by atoms with E-state index in [1.54, 1.807) is 0 Å². The highest BCUT2D eigenvalue weighted by Crippen LogP contribution is 2.19. The van der Waals surface area contributed by atoms with Gasteiger partial charge in [-0.2, -0.15) is 0 Å². The number of nitrogens with zero attached hydrogens (tertiary/aromatic N) is 1. The molecular formula is C12H20N2. The minimum Gasteiger partial charge on any atom is -0.399 e. The highest BCUT2D eigenvalue weighted by molar-refractivity contribution is 5.53. The van der Waals surface area contributed by atoms with Crippen LogP contribution < -0.4 is 10.6 Å². The van der Waals surface area contributed by atoms with Gasteiger partial charge in [-0.05, 0) is 37.1 Å². The summed E-state index contributed by atoms with van der Waals surface area (Å²) in [5.74, 6) is 0. The van der Waals surface area contributed by atoms with Crippen LogP contribution in [0.4, 0.5) is 11.4 Å². The number of benzene rings is 1. The zero-order valence-electron chi connectivity index (χ0n) is 9.33. The molecule has 0 aliphatic heterocycles. The molecule has 1 rings (SSSR count). The van der Waals surface area contributed by atoms with Crippen molar-refractivity contribution >= 4 is 11.4 Å². The van der Waals surface area contributed by atoms with Crippen molar-refractivity contribution in [3.8, 4) is 0 Å². The van der Waals surface area contributed by atoms with Gasteiger partial charge in [0.05, 0.1) is 0 Å². The Hall–Kier alpha value is -1.18. The van der Waals surface area contributed by atoms with Crippen molar-refractivity contribution in [1.82, 2.24) is 0 Å². The zero-order chi connectivity index (χ0) is 10.6. The van der Waals surface area contributed by atoms with E-state index >= 15 is 0 Å². The van der Waals surface area contributed by atoms with Gasteiger partial charge in [0.15, 0.2) is 0 Å². The minimum absolute atomic E-state index is 0.624. The van der Waals surface area contributed by atoms with Crippen LogP contribution in [0.1, 0.15) is 26.7 Å². The molecule has 0 amide bonds. The molecule has 0 spiro atoms. The van der Waals surface area contributed by atoms with E-state index in [2.05, 4.69) is 37.9 Å². The lowest BCUT2D eigenvalue weighted by Gasteiger charge is -2.28. The molecule has 0 saturated carbocycles. The highest BCUT2D eigenvalue weighted by atomic mass is 15.1. The Morgan fingerprint density at radius 3 is 2.07 bits per heavy atom. The Bertz CT molecular complexity index is 262. The maximum atomic E-state index is 5.65. The topological polar surface area (TPSA) is 29.3 Å². The summed E-state index contributed by atoms with van der Waals surface area (Å²) in [5, 5.41) is 0. The summed E-state index contributed by atoms with van der Waals surface area (Å²) in [5.41, 5.74) is 7.72. The van der Waals surface area contributed by atoms with Crippen LogP contribution in [0.15, 0.2) is 24.3 Å². The van der Waals surface area contributed by atoms with Crippen molar-refractivity contribution in [1.29, 1.82) is 0 Å². The molecule has 0 aliphatic carbocycles. The van der Waals surface area contributed by atoms with Crippen molar-refractivity contribution < 1.29 is 0 Å². The van der Waals surface area contributed by atoms with Gasteiger partial charge in [-0.3, -0.25) is 0 Å². The van der Waals surface area contributed by atoms with Crippen LogP contribution in [-0.4, -0.2) is 13.1 Å². The van der Waals surface area contributed by atoms with Crippen molar-refractivity contribution in [3.05, 3.63) is 24.3 Å². The average molecular weight is 192 g/mol. The molecule has 2 nitrogen and oxygen atoms in total. The van der Waals surface area contributed by atoms with E-state index in [0.29, 0.717) is 6.04 Å². The summed E-state index contributed by atoms with van der Waals surface area (Å²) < 4.78 is 0. The third-order valence-electron chi connectivity index (χ3n) is 2.79. The maximum absolute atomic E-state index is 5.65. The lowest BCUT2D eigenvalue weighted by molar-refractivity contribution is 0.592. The van der Waals surface area contributed by atoms with E-state index in [1.165, 1.54) is 18.5 Å². The largest absolute Gasteiger partial charge is 0.399 e. The molecule has 0 saturated heterocycles. The molecule has 0 atom stereocenters. The lowest BCUT2D eigenvalue weighted by atomic mass is 10.1. The van der Waals surface area contributed by atoms with Crippen molar-refractivity contribution in [3.63, 3.8) is 0 Å². The van der Waals surface area contributed by atoms with Gasteiger partial charge in [0.1, 0.15) is 0 Å². The summed E-state index contributed by atoms with van der Waals surface area (Å²) in [4.78, 5) is 2.32. The fraction of sp³-hybridized carbons (Fsp3) is 0.500. The second kappa shape index (κ2) is 4.89. The van der Waals surface area contributed by atoms with Crippen LogP contribution in [0.5, 0.6) is 0 Å².